The molecular formula is C21H27BN6O3. The highest BCUT2D eigenvalue weighted by Crippen LogP contribution is 2.19. The van der Waals surface area contributed by atoms with Gasteiger partial charge in [-0.3, -0.25) is 4.79 Å². The van der Waals surface area contributed by atoms with E-state index < -0.39 is 13.2 Å². The summed E-state index contributed by atoms with van der Waals surface area (Å²) in [6.45, 7) is 0.383. The fourth-order valence-electron chi connectivity index (χ4n) is 3.25. The number of nitrogens with two attached hydrogens (primary N) is 1. The molecule has 2 aromatic carbocycles. The number of nitrogens with zero attached hydrogens (tertiary/aromatic N) is 4. The van der Waals surface area contributed by atoms with Crippen molar-refractivity contribution < 1.29 is 14.8 Å². The molecule has 0 bridgehead atoms. The van der Waals surface area contributed by atoms with Gasteiger partial charge >= 0.3 is 7.12 Å². The van der Waals surface area contributed by atoms with E-state index in [1.54, 1.807) is 0 Å². The third-order valence-electron chi connectivity index (χ3n) is 4.96. The average molecular weight is 422 g/mol. The van der Waals surface area contributed by atoms with E-state index in [1.165, 1.54) is 4.68 Å². The van der Waals surface area contributed by atoms with Gasteiger partial charge in [-0.15, -0.1) is 5.10 Å². The quantitative estimate of drug-likeness (QED) is 0.270. The summed E-state index contributed by atoms with van der Waals surface area (Å²) in [5.41, 5.74) is 9.40. The zero-order valence-corrected chi connectivity index (χ0v) is 17.3. The van der Waals surface area contributed by atoms with Crippen molar-refractivity contribution in [3.63, 3.8) is 0 Å². The van der Waals surface area contributed by atoms with Crippen LogP contribution in [0.25, 0.3) is 11.1 Å². The number of unbranched alkanes of at least 4 members (excludes halogenated alkanes) is 1. The second-order valence-electron chi connectivity index (χ2n) is 7.41. The second kappa shape index (κ2) is 11.4. The lowest BCUT2D eigenvalue weighted by Crippen LogP contribution is -2.29. The SMILES string of the molecule is NC(CCCCB(O)O)c1nnnn1CC(=O)NCc1ccc(-c2ccccc2)cc1. The molecule has 162 valence electrons. The molecule has 0 saturated heterocycles. The smallest absolute Gasteiger partial charge is 0.427 e. The molecule has 1 amide bonds. The van der Waals surface area contributed by atoms with Crippen molar-refractivity contribution in [1.29, 1.82) is 0 Å². The topological polar surface area (TPSA) is 139 Å². The largest absolute Gasteiger partial charge is 0.451 e. The van der Waals surface area contributed by atoms with Gasteiger partial charge in [-0.25, -0.2) is 4.68 Å². The van der Waals surface area contributed by atoms with Crippen molar-refractivity contribution in [2.24, 2.45) is 5.73 Å². The Hall–Kier alpha value is -3.08. The van der Waals surface area contributed by atoms with Gasteiger partial charge in [0.15, 0.2) is 5.82 Å². The van der Waals surface area contributed by atoms with Crippen LogP contribution in [0.2, 0.25) is 6.32 Å². The number of nitrogens with one attached hydrogen (secondary N) is 1. The number of benzene rings is 2. The minimum Gasteiger partial charge on any atom is -0.427 e. The Morgan fingerprint density at radius 3 is 2.48 bits per heavy atom. The lowest BCUT2D eigenvalue weighted by atomic mass is 9.83. The zero-order chi connectivity index (χ0) is 22.1. The Kier molecular flexibility index (Phi) is 8.28. The third kappa shape index (κ3) is 6.99. The van der Waals surface area contributed by atoms with Crippen molar-refractivity contribution in [3.8, 4) is 11.1 Å². The molecule has 5 N–H and O–H groups in total. The molecule has 1 unspecified atom stereocenters. The van der Waals surface area contributed by atoms with Crippen molar-refractivity contribution in [3.05, 3.63) is 66.0 Å². The van der Waals surface area contributed by atoms with Crippen LogP contribution in [0.15, 0.2) is 54.6 Å². The number of aromatic nitrogens is 4. The highest BCUT2D eigenvalue weighted by atomic mass is 16.4. The van der Waals surface area contributed by atoms with Crippen LogP contribution in [0, 0.1) is 0 Å². The van der Waals surface area contributed by atoms with E-state index in [4.69, 9.17) is 15.8 Å². The van der Waals surface area contributed by atoms with Crippen LogP contribution in [0.1, 0.15) is 36.7 Å². The van der Waals surface area contributed by atoms with Crippen LogP contribution in [0.5, 0.6) is 0 Å². The molecule has 0 aliphatic heterocycles. The van der Waals surface area contributed by atoms with Gasteiger partial charge in [0.25, 0.3) is 0 Å². The summed E-state index contributed by atoms with van der Waals surface area (Å²) in [6, 6.07) is 17.7. The van der Waals surface area contributed by atoms with E-state index in [0.717, 1.165) is 16.7 Å². The van der Waals surface area contributed by atoms with Crippen LogP contribution >= 0.6 is 0 Å². The Morgan fingerprint density at radius 2 is 1.77 bits per heavy atom. The molecule has 0 spiro atoms. The molecule has 0 fully saturated rings. The second-order valence-corrected chi connectivity index (χ2v) is 7.41. The van der Waals surface area contributed by atoms with Crippen LogP contribution in [0.3, 0.4) is 0 Å². The molecule has 9 nitrogen and oxygen atoms in total. The Bertz CT molecular complexity index is 949. The normalized spacial score (nSPS) is 11.8. The van der Waals surface area contributed by atoms with Gasteiger partial charge in [-0.2, -0.15) is 0 Å². The Labute approximate surface area is 181 Å². The first-order valence-corrected chi connectivity index (χ1v) is 10.3. The van der Waals surface area contributed by atoms with Crippen molar-refractivity contribution in [2.45, 2.75) is 44.7 Å². The summed E-state index contributed by atoms with van der Waals surface area (Å²) in [5, 5.41) is 32.1. The van der Waals surface area contributed by atoms with Crippen molar-refractivity contribution in [2.75, 3.05) is 0 Å². The van der Waals surface area contributed by atoms with Gasteiger partial charge in [0.05, 0.1) is 6.04 Å². The standard InChI is InChI=1S/C21H27BN6O3/c23-19(8-4-5-13-22(30)31)21-25-26-27-28(21)15-20(29)24-14-16-9-11-18(12-10-16)17-6-2-1-3-7-17/h1-3,6-7,9-12,19,30-31H,4-5,8,13-15,23H2,(H,24,29). The lowest BCUT2D eigenvalue weighted by molar-refractivity contribution is -0.122. The van der Waals surface area contributed by atoms with Crippen LogP contribution < -0.4 is 11.1 Å². The first kappa shape index (κ1) is 22.6. The van der Waals surface area contributed by atoms with E-state index in [1.807, 2.05) is 42.5 Å². The Balaban J connectivity index is 1.47. The zero-order valence-electron chi connectivity index (χ0n) is 17.3. The predicted molar refractivity (Wildman–Crippen MR) is 117 cm³/mol. The van der Waals surface area contributed by atoms with Gasteiger partial charge in [0.1, 0.15) is 6.54 Å². The van der Waals surface area contributed by atoms with E-state index in [-0.39, 0.29) is 12.5 Å². The fourth-order valence-corrected chi connectivity index (χ4v) is 3.25. The molecule has 10 heteroatoms. The van der Waals surface area contributed by atoms with Crippen molar-refractivity contribution >= 4 is 13.0 Å². The van der Waals surface area contributed by atoms with Gasteiger partial charge in [-0.05, 0) is 39.9 Å². The molecule has 0 saturated carbocycles. The minimum absolute atomic E-state index is 0.0204. The van der Waals surface area contributed by atoms with Crippen LogP contribution in [0.4, 0.5) is 0 Å². The number of carbonyl (C=O) groups is 1. The van der Waals surface area contributed by atoms with E-state index in [2.05, 4.69) is 33.0 Å². The minimum atomic E-state index is -1.31. The summed E-state index contributed by atoms with van der Waals surface area (Å²) in [4.78, 5) is 12.4. The maximum absolute atomic E-state index is 12.4. The summed E-state index contributed by atoms with van der Waals surface area (Å²) in [5.74, 6) is 0.225. The maximum Gasteiger partial charge on any atom is 0.451 e. The number of tetrazole rings is 1. The molecular weight excluding hydrogens is 395 g/mol. The molecule has 1 atom stereocenters. The molecule has 0 aliphatic rings. The highest BCUT2D eigenvalue weighted by Gasteiger charge is 2.17. The molecule has 31 heavy (non-hydrogen) atoms. The van der Waals surface area contributed by atoms with Gasteiger partial charge in [0, 0.05) is 6.54 Å². The first-order chi connectivity index (χ1) is 15.0. The monoisotopic (exact) mass is 422 g/mol. The first-order valence-electron chi connectivity index (χ1n) is 10.3. The van der Waals surface area contributed by atoms with E-state index in [0.29, 0.717) is 38.0 Å². The van der Waals surface area contributed by atoms with Gasteiger partial charge < -0.3 is 21.1 Å². The number of hydrogen-bond donors (Lipinski definition) is 4. The lowest BCUT2D eigenvalue weighted by Gasteiger charge is -2.12. The van der Waals surface area contributed by atoms with Crippen LogP contribution in [-0.2, 0) is 17.9 Å². The summed E-state index contributed by atoms with van der Waals surface area (Å²) in [6.07, 6.45) is 2.22. The summed E-state index contributed by atoms with van der Waals surface area (Å²) < 4.78 is 1.40. The summed E-state index contributed by atoms with van der Waals surface area (Å²) in [7, 11) is -1.31. The molecule has 3 aromatic rings. The molecule has 1 heterocycles. The molecule has 3 rings (SSSR count). The van der Waals surface area contributed by atoms with Gasteiger partial charge in [0.2, 0.25) is 5.91 Å². The van der Waals surface area contributed by atoms with E-state index >= 15 is 0 Å². The number of carbonyl (C=O) groups excluding carboxylic acids is 1. The molecule has 1 aromatic heterocycles. The maximum atomic E-state index is 12.4. The van der Waals surface area contributed by atoms with Crippen LogP contribution in [-0.4, -0.2) is 43.3 Å². The number of amides is 1. The Morgan fingerprint density at radius 1 is 1.06 bits per heavy atom. The average Bonchev–Trinajstić information content (AvgIpc) is 3.24. The number of hydrogen-bond acceptors (Lipinski definition) is 7. The molecule has 0 aliphatic carbocycles. The van der Waals surface area contributed by atoms with E-state index in [9.17, 15) is 4.79 Å². The molecule has 0 radical (unpaired) electrons. The predicted octanol–water partition coefficient (Wildman–Crippen LogP) is 1.30. The number of rotatable bonds is 11. The third-order valence-corrected chi connectivity index (χ3v) is 4.96. The fraction of sp³-hybridized carbons (Fsp3) is 0.333. The van der Waals surface area contributed by atoms with Gasteiger partial charge in [-0.1, -0.05) is 67.4 Å². The highest BCUT2D eigenvalue weighted by molar-refractivity contribution is 6.40. The summed E-state index contributed by atoms with van der Waals surface area (Å²) >= 11 is 0. The van der Waals surface area contributed by atoms with Crippen molar-refractivity contribution in [1.82, 2.24) is 25.5 Å².